The van der Waals surface area contributed by atoms with Gasteiger partial charge in [-0.25, -0.2) is 0 Å². The Balaban J connectivity index is 2.47. The molecule has 0 bridgehead atoms. The summed E-state index contributed by atoms with van der Waals surface area (Å²) in [6.07, 6.45) is -4.61. The Bertz CT molecular complexity index is 550. The summed E-state index contributed by atoms with van der Waals surface area (Å²) < 4.78 is 38.9. The zero-order valence-electron chi connectivity index (χ0n) is 11.1. The van der Waals surface area contributed by atoms with Crippen LogP contribution in [0.2, 0.25) is 0 Å². The molecule has 0 aromatic heterocycles. The average Bonchev–Trinajstić information content (AvgIpc) is 2.61. The Morgan fingerprint density at radius 1 is 1.35 bits per heavy atom. The van der Waals surface area contributed by atoms with Crippen molar-refractivity contribution in [3.8, 4) is 6.07 Å². The average molecular weight is 284 g/mol. The molecule has 3 nitrogen and oxygen atoms in total. The molecule has 0 unspecified atom stereocenters. The Labute approximate surface area is 115 Å². The van der Waals surface area contributed by atoms with Crippen molar-refractivity contribution in [2.45, 2.75) is 44.6 Å². The number of halogens is 3. The molecular weight excluding hydrogens is 269 g/mol. The van der Waals surface area contributed by atoms with Gasteiger partial charge in [0.15, 0.2) is 0 Å². The second-order valence-electron chi connectivity index (χ2n) is 5.14. The van der Waals surface area contributed by atoms with Crippen LogP contribution in [0.3, 0.4) is 0 Å². The van der Waals surface area contributed by atoms with Gasteiger partial charge in [-0.2, -0.15) is 18.4 Å². The normalized spacial score (nSPS) is 26.6. The van der Waals surface area contributed by atoms with Crippen molar-refractivity contribution < 1.29 is 18.3 Å². The lowest BCUT2D eigenvalue weighted by Gasteiger charge is -2.29. The number of aliphatic hydroxyl groups is 1. The van der Waals surface area contributed by atoms with Crippen LogP contribution in [0.1, 0.15) is 31.4 Å². The lowest BCUT2D eigenvalue weighted by atomic mass is 10.1. The minimum Gasteiger partial charge on any atom is -0.391 e. The van der Waals surface area contributed by atoms with Crippen LogP contribution >= 0.6 is 0 Å². The summed E-state index contributed by atoms with van der Waals surface area (Å²) in [5, 5.41) is 18.6. The SMILES string of the molecule is C[C@@H]1C[C@H](O)[C@H](C)N1c1ccc(C#N)c(C(F)(F)F)c1. The fourth-order valence-corrected chi connectivity index (χ4v) is 2.76. The summed E-state index contributed by atoms with van der Waals surface area (Å²) in [5.74, 6) is 0. The minimum absolute atomic E-state index is 0.0472. The van der Waals surface area contributed by atoms with Crippen LogP contribution in [0.25, 0.3) is 0 Å². The van der Waals surface area contributed by atoms with Gasteiger partial charge in [0, 0.05) is 11.7 Å². The molecule has 0 aliphatic carbocycles. The van der Waals surface area contributed by atoms with Gasteiger partial charge in [0.05, 0.1) is 29.3 Å². The van der Waals surface area contributed by atoms with E-state index < -0.39 is 17.8 Å². The topological polar surface area (TPSA) is 47.3 Å². The van der Waals surface area contributed by atoms with E-state index in [1.165, 1.54) is 12.1 Å². The highest BCUT2D eigenvalue weighted by Gasteiger charge is 2.38. The van der Waals surface area contributed by atoms with E-state index >= 15 is 0 Å². The molecule has 2 rings (SSSR count). The molecular formula is C14H15F3N2O. The number of nitrogens with zero attached hydrogens (tertiary/aromatic N) is 2. The molecule has 108 valence electrons. The summed E-state index contributed by atoms with van der Waals surface area (Å²) in [6, 6.07) is 4.94. The van der Waals surface area contributed by atoms with Crippen LogP contribution in [0.4, 0.5) is 18.9 Å². The molecule has 1 saturated heterocycles. The maximum absolute atomic E-state index is 13.0. The Hall–Kier alpha value is -1.74. The van der Waals surface area contributed by atoms with Gasteiger partial charge in [-0.05, 0) is 38.5 Å². The first-order valence-corrected chi connectivity index (χ1v) is 6.33. The standard InChI is InChI=1S/C14H15F3N2O/c1-8-5-13(20)9(2)19(8)11-4-3-10(7-18)12(6-11)14(15,16)17/h3-4,6,8-9,13,20H,5H2,1-2H3/t8-,9+,13+/m1/s1. The van der Waals surface area contributed by atoms with Gasteiger partial charge < -0.3 is 10.0 Å². The van der Waals surface area contributed by atoms with Crippen LogP contribution in [0.5, 0.6) is 0 Å². The van der Waals surface area contributed by atoms with Crippen molar-refractivity contribution >= 4 is 5.69 Å². The van der Waals surface area contributed by atoms with E-state index in [9.17, 15) is 18.3 Å². The van der Waals surface area contributed by atoms with Crippen molar-refractivity contribution in [1.82, 2.24) is 0 Å². The number of alkyl halides is 3. The van der Waals surface area contributed by atoms with Gasteiger partial charge in [-0.1, -0.05) is 0 Å². The maximum Gasteiger partial charge on any atom is 0.417 e. The second kappa shape index (κ2) is 4.98. The summed E-state index contributed by atoms with van der Waals surface area (Å²) in [7, 11) is 0. The van der Waals surface area contributed by atoms with E-state index in [2.05, 4.69) is 0 Å². The number of nitriles is 1. The van der Waals surface area contributed by atoms with E-state index in [1.807, 2.05) is 6.92 Å². The van der Waals surface area contributed by atoms with Crippen LogP contribution < -0.4 is 4.90 Å². The summed E-state index contributed by atoms with van der Waals surface area (Å²) in [4.78, 5) is 1.76. The first-order chi connectivity index (χ1) is 9.25. The van der Waals surface area contributed by atoms with E-state index in [-0.39, 0.29) is 17.6 Å². The smallest absolute Gasteiger partial charge is 0.391 e. The number of rotatable bonds is 1. The number of hydrogen-bond donors (Lipinski definition) is 1. The number of hydrogen-bond acceptors (Lipinski definition) is 3. The summed E-state index contributed by atoms with van der Waals surface area (Å²) >= 11 is 0. The Morgan fingerprint density at radius 3 is 2.45 bits per heavy atom. The monoisotopic (exact) mass is 284 g/mol. The molecule has 0 radical (unpaired) electrons. The zero-order chi connectivity index (χ0) is 15.1. The van der Waals surface area contributed by atoms with Gasteiger partial charge in [-0.15, -0.1) is 0 Å². The highest BCUT2D eigenvalue weighted by molar-refractivity contribution is 5.56. The molecule has 0 spiro atoms. The third-order valence-electron chi connectivity index (χ3n) is 3.78. The van der Waals surface area contributed by atoms with Crippen LogP contribution in [0, 0.1) is 11.3 Å². The summed E-state index contributed by atoms with van der Waals surface area (Å²) in [5.41, 5.74) is -0.938. The molecule has 3 atom stereocenters. The molecule has 1 heterocycles. The first kappa shape index (κ1) is 14.7. The molecule has 1 fully saturated rings. The zero-order valence-corrected chi connectivity index (χ0v) is 11.1. The highest BCUT2D eigenvalue weighted by atomic mass is 19.4. The van der Waals surface area contributed by atoms with Crippen molar-refractivity contribution in [1.29, 1.82) is 5.26 Å². The molecule has 0 saturated carbocycles. The third kappa shape index (κ3) is 2.46. The third-order valence-corrected chi connectivity index (χ3v) is 3.78. The molecule has 6 heteroatoms. The second-order valence-corrected chi connectivity index (χ2v) is 5.14. The quantitative estimate of drug-likeness (QED) is 0.862. The minimum atomic E-state index is -4.56. The van der Waals surface area contributed by atoms with Gasteiger partial charge in [0.25, 0.3) is 0 Å². The number of aliphatic hydroxyl groups excluding tert-OH is 1. The van der Waals surface area contributed by atoms with Gasteiger partial charge in [-0.3, -0.25) is 0 Å². The first-order valence-electron chi connectivity index (χ1n) is 6.33. The van der Waals surface area contributed by atoms with Crippen molar-refractivity contribution in [2.75, 3.05) is 4.90 Å². The molecule has 1 N–H and O–H groups in total. The lowest BCUT2D eigenvalue weighted by molar-refractivity contribution is -0.137. The largest absolute Gasteiger partial charge is 0.417 e. The van der Waals surface area contributed by atoms with Crippen LogP contribution in [0.15, 0.2) is 18.2 Å². The van der Waals surface area contributed by atoms with Gasteiger partial charge >= 0.3 is 6.18 Å². The fraction of sp³-hybridized carbons (Fsp3) is 0.500. The van der Waals surface area contributed by atoms with E-state index in [0.717, 1.165) is 6.07 Å². The molecule has 1 aliphatic heterocycles. The lowest BCUT2D eigenvalue weighted by Crippen LogP contribution is -2.35. The van der Waals surface area contributed by atoms with Crippen LogP contribution in [-0.2, 0) is 6.18 Å². The van der Waals surface area contributed by atoms with E-state index in [0.29, 0.717) is 12.1 Å². The maximum atomic E-state index is 13.0. The summed E-state index contributed by atoms with van der Waals surface area (Å²) in [6.45, 7) is 3.64. The highest BCUT2D eigenvalue weighted by Crippen LogP contribution is 2.37. The predicted octanol–water partition coefficient (Wildman–Crippen LogP) is 2.93. The predicted molar refractivity (Wildman–Crippen MR) is 68.2 cm³/mol. The molecule has 1 aromatic carbocycles. The number of benzene rings is 1. The molecule has 1 aliphatic rings. The molecule has 20 heavy (non-hydrogen) atoms. The van der Waals surface area contributed by atoms with Gasteiger partial charge in [0.2, 0.25) is 0 Å². The van der Waals surface area contributed by atoms with Crippen LogP contribution in [-0.4, -0.2) is 23.3 Å². The van der Waals surface area contributed by atoms with E-state index in [4.69, 9.17) is 5.26 Å². The number of anilines is 1. The van der Waals surface area contributed by atoms with Crippen molar-refractivity contribution in [2.24, 2.45) is 0 Å². The molecule has 1 aromatic rings. The van der Waals surface area contributed by atoms with E-state index in [1.54, 1.807) is 17.9 Å². The molecule has 0 amide bonds. The van der Waals surface area contributed by atoms with Gasteiger partial charge in [0.1, 0.15) is 0 Å². The Kier molecular flexibility index (Phi) is 3.65. The van der Waals surface area contributed by atoms with Crippen molar-refractivity contribution in [3.63, 3.8) is 0 Å². The Morgan fingerprint density at radius 2 is 2.00 bits per heavy atom. The fourth-order valence-electron chi connectivity index (χ4n) is 2.76. The van der Waals surface area contributed by atoms with Crippen molar-refractivity contribution in [3.05, 3.63) is 29.3 Å².